The first-order chi connectivity index (χ1) is 11.7. The van der Waals surface area contributed by atoms with Crippen LogP contribution in [0.2, 0.25) is 0 Å². The summed E-state index contributed by atoms with van der Waals surface area (Å²) in [4.78, 5) is 24.0. The Balaban J connectivity index is 2.07. The highest BCUT2D eigenvalue weighted by Gasteiger charge is 2.10. The van der Waals surface area contributed by atoms with E-state index in [1.165, 1.54) is 6.08 Å². The molecule has 0 fully saturated rings. The van der Waals surface area contributed by atoms with Gasteiger partial charge in [0, 0.05) is 17.3 Å². The Morgan fingerprint density at radius 2 is 1.62 bits per heavy atom. The van der Waals surface area contributed by atoms with Crippen LogP contribution in [0.1, 0.15) is 29.3 Å². The van der Waals surface area contributed by atoms with Gasteiger partial charge in [-0.15, -0.1) is 0 Å². The number of esters is 1. The molecule has 0 spiro atoms. The molecule has 0 saturated heterocycles. The molecule has 0 aliphatic rings. The maximum atomic E-state index is 12.3. The Morgan fingerprint density at radius 1 is 1.00 bits per heavy atom. The Morgan fingerprint density at radius 3 is 2.25 bits per heavy atom. The third-order valence-corrected chi connectivity index (χ3v) is 3.41. The lowest BCUT2D eigenvalue weighted by molar-refractivity contribution is -0.137. The smallest absolute Gasteiger partial charge is 0.332 e. The molecular formula is C20H21NO3. The second-order valence-corrected chi connectivity index (χ2v) is 5.23. The number of amides is 1. The summed E-state index contributed by atoms with van der Waals surface area (Å²) < 4.78 is 4.95. The normalized spacial score (nSPS) is 11.0. The second kappa shape index (κ2) is 9.30. The van der Waals surface area contributed by atoms with E-state index in [2.05, 4.69) is 5.32 Å². The van der Waals surface area contributed by atoms with Gasteiger partial charge in [-0.3, -0.25) is 4.79 Å². The largest absolute Gasteiger partial charge is 0.463 e. The number of carbonyl (C=O) groups excluding carboxylic acids is 2. The molecule has 0 radical (unpaired) electrons. The molecule has 2 rings (SSSR count). The van der Waals surface area contributed by atoms with Crippen molar-refractivity contribution in [3.8, 4) is 0 Å². The number of allylic oxidation sites excluding steroid dienone is 1. The number of hydrogen-bond donors (Lipinski definition) is 1. The minimum Gasteiger partial charge on any atom is -0.463 e. The molecule has 4 nitrogen and oxygen atoms in total. The van der Waals surface area contributed by atoms with Crippen LogP contribution in [0.3, 0.4) is 0 Å². The van der Waals surface area contributed by atoms with Crippen LogP contribution in [-0.2, 0) is 16.0 Å². The predicted octanol–water partition coefficient (Wildman–Crippen LogP) is 3.50. The van der Waals surface area contributed by atoms with Crippen molar-refractivity contribution < 1.29 is 14.3 Å². The summed E-state index contributed by atoms with van der Waals surface area (Å²) in [7, 11) is 0. The molecule has 0 aliphatic heterocycles. The van der Waals surface area contributed by atoms with Crippen molar-refractivity contribution in [1.82, 2.24) is 5.32 Å². The molecule has 0 unspecified atom stereocenters. The van der Waals surface area contributed by atoms with Gasteiger partial charge >= 0.3 is 5.97 Å². The van der Waals surface area contributed by atoms with Crippen LogP contribution >= 0.6 is 0 Å². The van der Waals surface area contributed by atoms with Gasteiger partial charge in [-0.1, -0.05) is 48.5 Å². The summed E-state index contributed by atoms with van der Waals surface area (Å²) in [5.41, 5.74) is 2.24. The molecule has 1 amide bonds. The van der Waals surface area contributed by atoms with E-state index in [9.17, 15) is 9.59 Å². The molecule has 0 heterocycles. The number of aryl methyl sites for hydroxylation is 1. The molecule has 2 aromatic carbocycles. The van der Waals surface area contributed by atoms with Crippen molar-refractivity contribution in [1.29, 1.82) is 0 Å². The zero-order valence-corrected chi connectivity index (χ0v) is 13.7. The third kappa shape index (κ3) is 5.72. The highest BCUT2D eigenvalue weighted by Crippen LogP contribution is 2.09. The van der Waals surface area contributed by atoms with E-state index in [4.69, 9.17) is 4.74 Å². The van der Waals surface area contributed by atoms with Crippen molar-refractivity contribution in [2.45, 2.75) is 19.8 Å². The lowest BCUT2D eigenvalue weighted by atomic mass is 10.1. The van der Waals surface area contributed by atoms with E-state index >= 15 is 0 Å². The van der Waals surface area contributed by atoms with Crippen molar-refractivity contribution in [2.75, 3.05) is 6.61 Å². The van der Waals surface area contributed by atoms with Crippen LogP contribution in [-0.4, -0.2) is 18.5 Å². The molecule has 0 saturated carbocycles. The van der Waals surface area contributed by atoms with E-state index in [-0.39, 0.29) is 5.91 Å². The van der Waals surface area contributed by atoms with E-state index in [1.807, 2.05) is 36.4 Å². The van der Waals surface area contributed by atoms with Crippen LogP contribution in [0.5, 0.6) is 0 Å². The van der Waals surface area contributed by atoms with Gasteiger partial charge in [0.25, 0.3) is 5.91 Å². The molecule has 0 atom stereocenters. The Labute approximate surface area is 142 Å². The highest BCUT2D eigenvalue weighted by atomic mass is 16.5. The number of hydrogen-bond acceptors (Lipinski definition) is 3. The zero-order valence-electron chi connectivity index (χ0n) is 13.7. The number of benzene rings is 2. The minimum atomic E-state index is -0.450. The van der Waals surface area contributed by atoms with Gasteiger partial charge in [0.15, 0.2) is 0 Å². The molecule has 0 bridgehead atoms. The maximum absolute atomic E-state index is 12.3. The zero-order chi connectivity index (χ0) is 17.2. The molecule has 4 heteroatoms. The number of nitrogens with one attached hydrogen (secondary N) is 1. The number of rotatable bonds is 7. The number of carbonyl (C=O) groups is 2. The van der Waals surface area contributed by atoms with Gasteiger partial charge in [-0.2, -0.15) is 0 Å². The van der Waals surface area contributed by atoms with E-state index in [1.54, 1.807) is 31.2 Å². The van der Waals surface area contributed by atoms with Gasteiger partial charge in [0.05, 0.1) is 6.61 Å². The van der Waals surface area contributed by atoms with Crippen LogP contribution in [0, 0.1) is 0 Å². The fourth-order valence-electron chi connectivity index (χ4n) is 2.23. The average molecular weight is 323 g/mol. The fraction of sp³-hybridized carbons (Fsp3) is 0.200. The first-order valence-electron chi connectivity index (χ1n) is 7.96. The van der Waals surface area contributed by atoms with Gasteiger partial charge < -0.3 is 10.1 Å². The van der Waals surface area contributed by atoms with E-state index < -0.39 is 5.97 Å². The summed E-state index contributed by atoms with van der Waals surface area (Å²) in [6.45, 7) is 2.05. The summed E-state index contributed by atoms with van der Waals surface area (Å²) >= 11 is 0. The molecule has 124 valence electrons. The Bertz CT molecular complexity index is 693. The summed E-state index contributed by atoms with van der Waals surface area (Å²) in [5.74, 6) is -0.687. The van der Waals surface area contributed by atoms with Crippen LogP contribution in [0.15, 0.2) is 72.4 Å². The van der Waals surface area contributed by atoms with Crippen LogP contribution in [0.4, 0.5) is 0 Å². The van der Waals surface area contributed by atoms with Gasteiger partial charge in [-0.05, 0) is 37.5 Å². The summed E-state index contributed by atoms with van der Waals surface area (Å²) in [6.07, 6.45) is 2.62. The lowest BCUT2D eigenvalue weighted by Crippen LogP contribution is -2.24. The first-order valence-corrected chi connectivity index (χ1v) is 7.96. The van der Waals surface area contributed by atoms with E-state index in [0.717, 1.165) is 12.0 Å². The van der Waals surface area contributed by atoms with E-state index in [0.29, 0.717) is 24.3 Å². The van der Waals surface area contributed by atoms with Crippen molar-refractivity contribution in [3.05, 3.63) is 83.6 Å². The summed E-state index contributed by atoms with van der Waals surface area (Å²) in [6, 6.07) is 18.8. The van der Waals surface area contributed by atoms with Crippen LogP contribution < -0.4 is 5.32 Å². The highest BCUT2D eigenvalue weighted by molar-refractivity contribution is 5.96. The molecule has 2 aromatic rings. The molecule has 0 aromatic heterocycles. The average Bonchev–Trinajstić information content (AvgIpc) is 2.61. The minimum absolute atomic E-state index is 0.237. The van der Waals surface area contributed by atoms with Gasteiger partial charge in [-0.25, -0.2) is 4.79 Å². The van der Waals surface area contributed by atoms with Crippen LogP contribution in [0.25, 0.3) is 0 Å². The monoisotopic (exact) mass is 323 g/mol. The predicted molar refractivity (Wildman–Crippen MR) is 93.4 cm³/mol. The fourth-order valence-corrected chi connectivity index (χ4v) is 2.23. The molecular weight excluding hydrogens is 302 g/mol. The maximum Gasteiger partial charge on any atom is 0.332 e. The van der Waals surface area contributed by atoms with Crippen molar-refractivity contribution in [3.63, 3.8) is 0 Å². The molecule has 1 N–H and O–H groups in total. The second-order valence-electron chi connectivity index (χ2n) is 5.23. The van der Waals surface area contributed by atoms with Gasteiger partial charge in [0.1, 0.15) is 0 Å². The lowest BCUT2D eigenvalue weighted by Gasteiger charge is -2.10. The summed E-state index contributed by atoms with van der Waals surface area (Å²) in [5, 5.41) is 2.81. The quantitative estimate of drug-likeness (QED) is 0.627. The Hall–Kier alpha value is -2.88. The van der Waals surface area contributed by atoms with Gasteiger partial charge in [0.2, 0.25) is 0 Å². The Kier molecular flexibility index (Phi) is 6.77. The van der Waals surface area contributed by atoms with Crippen molar-refractivity contribution in [2.24, 2.45) is 0 Å². The topological polar surface area (TPSA) is 55.4 Å². The molecule has 24 heavy (non-hydrogen) atoms. The first kappa shape index (κ1) is 17.5. The van der Waals surface area contributed by atoms with Crippen molar-refractivity contribution >= 4 is 11.9 Å². The third-order valence-electron chi connectivity index (χ3n) is 3.41. The SMILES string of the molecule is CCOC(=O)C=C(CCc1ccccc1)NC(=O)c1ccccc1. The number of ether oxygens (including phenoxy) is 1. The standard InChI is InChI=1S/C20H21NO3/c1-2-24-19(22)15-18(14-13-16-9-5-3-6-10-16)21-20(23)17-11-7-4-8-12-17/h3-12,15H,2,13-14H2,1H3,(H,21,23). The molecule has 0 aliphatic carbocycles.